The number of carbonyl (C=O) groups is 1. The van der Waals surface area contributed by atoms with Gasteiger partial charge in [0.05, 0.1) is 10.7 Å². The van der Waals surface area contributed by atoms with Crippen LogP contribution in [-0.2, 0) is 0 Å². The molecule has 7 nitrogen and oxygen atoms in total. The van der Waals surface area contributed by atoms with Crippen LogP contribution >= 0.6 is 11.6 Å². The molecule has 1 fully saturated rings. The van der Waals surface area contributed by atoms with Crippen LogP contribution in [0.5, 0.6) is 0 Å². The minimum absolute atomic E-state index is 0.0821. The number of rotatable bonds is 4. The van der Waals surface area contributed by atoms with E-state index in [0.29, 0.717) is 22.2 Å². The van der Waals surface area contributed by atoms with E-state index in [-0.39, 0.29) is 6.03 Å². The minimum Gasteiger partial charge on any atom is -0.388 e. The van der Waals surface area contributed by atoms with Gasteiger partial charge in [-0.05, 0) is 48.7 Å². The summed E-state index contributed by atoms with van der Waals surface area (Å²) in [5.74, 6) is 0.582. The second-order valence-corrected chi connectivity index (χ2v) is 8.23. The molecule has 2 aromatic heterocycles. The number of urea groups is 1. The van der Waals surface area contributed by atoms with Crippen LogP contribution in [0.4, 0.5) is 16.2 Å². The molecule has 0 unspecified atom stereocenters. The first kappa shape index (κ1) is 20.3. The Bertz CT molecular complexity index is 1280. The number of nitrogens with zero attached hydrogens (tertiary/aromatic N) is 4. The van der Waals surface area contributed by atoms with Crippen LogP contribution in [0, 0.1) is 0 Å². The van der Waals surface area contributed by atoms with Crippen LogP contribution in [0.1, 0.15) is 12.8 Å². The highest BCUT2D eigenvalue weighted by molar-refractivity contribution is 6.33. The molecule has 0 bridgehead atoms. The van der Waals surface area contributed by atoms with Crippen LogP contribution in [0.25, 0.3) is 28.2 Å². The smallest absolute Gasteiger partial charge is 0.321 e. The maximum Gasteiger partial charge on any atom is 0.321 e. The van der Waals surface area contributed by atoms with Gasteiger partial charge in [0.25, 0.3) is 0 Å². The van der Waals surface area contributed by atoms with Crippen molar-refractivity contribution in [2.75, 3.05) is 30.8 Å². The van der Waals surface area contributed by atoms with Gasteiger partial charge in [-0.1, -0.05) is 23.7 Å². The number of imidazole rings is 1. The average Bonchev–Trinajstić information content (AvgIpc) is 3.50. The average molecular weight is 447 g/mol. The van der Waals surface area contributed by atoms with E-state index < -0.39 is 0 Å². The maximum atomic E-state index is 12.4. The lowest BCUT2D eigenvalue weighted by atomic mass is 10.1. The van der Waals surface area contributed by atoms with Gasteiger partial charge in [0.15, 0.2) is 0 Å². The predicted molar refractivity (Wildman–Crippen MR) is 128 cm³/mol. The van der Waals surface area contributed by atoms with E-state index in [4.69, 9.17) is 11.6 Å². The summed E-state index contributed by atoms with van der Waals surface area (Å²) in [6.45, 7) is 1.59. The van der Waals surface area contributed by atoms with Gasteiger partial charge in [-0.25, -0.2) is 14.8 Å². The van der Waals surface area contributed by atoms with Gasteiger partial charge in [-0.2, -0.15) is 0 Å². The second kappa shape index (κ2) is 8.51. The Morgan fingerprint density at radius 1 is 1.00 bits per heavy atom. The number of hydrogen-bond donors (Lipinski definition) is 2. The van der Waals surface area contributed by atoms with Gasteiger partial charge in [0, 0.05) is 61.2 Å². The third-order valence-electron chi connectivity index (χ3n) is 5.70. The van der Waals surface area contributed by atoms with E-state index in [1.54, 1.807) is 12.1 Å². The molecule has 8 heteroatoms. The normalized spacial score (nSPS) is 13.5. The molecule has 162 valence electrons. The molecule has 2 N–H and O–H groups in total. The topological polar surface area (TPSA) is 74.6 Å². The van der Waals surface area contributed by atoms with E-state index in [2.05, 4.69) is 32.7 Å². The summed E-state index contributed by atoms with van der Waals surface area (Å²) in [5.41, 5.74) is 5.24. The van der Waals surface area contributed by atoms with Crippen molar-refractivity contribution >= 4 is 34.8 Å². The third-order valence-corrected chi connectivity index (χ3v) is 6.03. The van der Waals surface area contributed by atoms with Crippen molar-refractivity contribution in [2.24, 2.45) is 0 Å². The zero-order valence-corrected chi connectivity index (χ0v) is 18.4. The largest absolute Gasteiger partial charge is 0.388 e. The Morgan fingerprint density at radius 3 is 2.50 bits per heavy atom. The van der Waals surface area contributed by atoms with Crippen molar-refractivity contribution < 1.29 is 4.79 Å². The second-order valence-electron chi connectivity index (χ2n) is 7.82. The van der Waals surface area contributed by atoms with Gasteiger partial charge in [0.2, 0.25) is 5.78 Å². The minimum atomic E-state index is -0.0821. The SMILES string of the molecule is CNc1ccc(-c2cnc3nc(-c4cc(NC(=O)N5CCCC5)ccc4Cl)cn3c2)cc1. The Morgan fingerprint density at radius 2 is 1.75 bits per heavy atom. The first-order valence-electron chi connectivity index (χ1n) is 10.6. The third kappa shape index (κ3) is 3.99. The molecule has 4 aromatic rings. The van der Waals surface area contributed by atoms with Crippen LogP contribution in [0.2, 0.25) is 5.02 Å². The molecule has 2 amide bonds. The van der Waals surface area contributed by atoms with E-state index in [0.717, 1.165) is 48.3 Å². The Labute approximate surface area is 191 Å². The Kier molecular flexibility index (Phi) is 5.41. The summed E-state index contributed by atoms with van der Waals surface area (Å²) < 4.78 is 1.89. The molecule has 1 saturated heterocycles. The van der Waals surface area contributed by atoms with Crippen molar-refractivity contribution in [1.82, 2.24) is 19.3 Å². The molecule has 0 radical (unpaired) electrons. The van der Waals surface area contributed by atoms with Crippen molar-refractivity contribution in [3.05, 3.63) is 66.1 Å². The van der Waals surface area contributed by atoms with Crippen LogP contribution in [0.3, 0.4) is 0 Å². The number of benzene rings is 2. The van der Waals surface area contributed by atoms with Crippen LogP contribution in [0.15, 0.2) is 61.1 Å². The van der Waals surface area contributed by atoms with E-state index in [1.165, 1.54) is 0 Å². The van der Waals surface area contributed by atoms with Gasteiger partial charge in [-0.3, -0.25) is 4.40 Å². The first-order valence-corrected chi connectivity index (χ1v) is 11.0. The highest BCUT2D eigenvalue weighted by Crippen LogP contribution is 2.31. The lowest BCUT2D eigenvalue weighted by molar-refractivity contribution is 0.222. The number of halogens is 1. The van der Waals surface area contributed by atoms with Crippen LogP contribution < -0.4 is 10.6 Å². The molecule has 0 atom stereocenters. The van der Waals surface area contributed by atoms with Crippen LogP contribution in [-0.4, -0.2) is 45.4 Å². The molecule has 1 aliphatic heterocycles. The highest BCUT2D eigenvalue weighted by atomic mass is 35.5. The molecular weight excluding hydrogens is 424 g/mol. The molecule has 32 heavy (non-hydrogen) atoms. The zero-order valence-electron chi connectivity index (χ0n) is 17.7. The molecule has 0 aliphatic carbocycles. The summed E-state index contributed by atoms with van der Waals surface area (Å²) in [6.07, 6.45) is 7.82. The first-order chi connectivity index (χ1) is 15.6. The van der Waals surface area contributed by atoms with Crippen molar-refractivity contribution in [1.29, 1.82) is 0 Å². The standard InChI is InChI=1S/C24H23ClN6O/c1-26-18-6-4-16(5-7-18)17-13-27-23-29-22(15-31(23)14-17)20-12-19(8-9-21(20)25)28-24(32)30-10-2-3-11-30/h4-9,12-15,26H,2-3,10-11H2,1H3,(H,28,32). The summed E-state index contributed by atoms with van der Waals surface area (Å²) in [6, 6.07) is 13.5. The number of hydrogen-bond acceptors (Lipinski definition) is 4. The zero-order chi connectivity index (χ0) is 22.1. The summed E-state index contributed by atoms with van der Waals surface area (Å²) in [7, 11) is 1.90. The van der Waals surface area contributed by atoms with E-state index in [1.807, 2.05) is 53.1 Å². The number of anilines is 2. The number of amides is 2. The number of fused-ring (bicyclic) bond motifs is 1. The van der Waals surface area contributed by atoms with E-state index >= 15 is 0 Å². The van der Waals surface area contributed by atoms with Gasteiger partial charge in [-0.15, -0.1) is 0 Å². The molecular formula is C24H23ClN6O. The van der Waals surface area contributed by atoms with Crippen molar-refractivity contribution in [3.8, 4) is 22.4 Å². The fraction of sp³-hybridized carbons (Fsp3) is 0.208. The fourth-order valence-electron chi connectivity index (χ4n) is 3.92. The quantitative estimate of drug-likeness (QED) is 0.441. The molecule has 5 rings (SSSR count). The number of carbonyl (C=O) groups excluding carboxylic acids is 1. The molecule has 0 spiro atoms. The summed E-state index contributed by atoms with van der Waals surface area (Å²) in [4.78, 5) is 23.4. The molecule has 3 heterocycles. The lowest BCUT2D eigenvalue weighted by Gasteiger charge is -2.16. The maximum absolute atomic E-state index is 12.4. The summed E-state index contributed by atoms with van der Waals surface area (Å²) in [5, 5.41) is 6.66. The van der Waals surface area contributed by atoms with E-state index in [9.17, 15) is 4.79 Å². The van der Waals surface area contributed by atoms with Crippen molar-refractivity contribution in [3.63, 3.8) is 0 Å². The molecule has 0 saturated carbocycles. The van der Waals surface area contributed by atoms with Crippen molar-refractivity contribution in [2.45, 2.75) is 12.8 Å². The molecule has 2 aromatic carbocycles. The fourth-order valence-corrected chi connectivity index (χ4v) is 4.13. The number of aromatic nitrogens is 3. The predicted octanol–water partition coefficient (Wildman–Crippen LogP) is 5.39. The molecule has 1 aliphatic rings. The number of likely N-dealkylation sites (tertiary alicyclic amines) is 1. The number of nitrogens with one attached hydrogen (secondary N) is 2. The van der Waals surface area contributed by atoms with Gasteiger partial charge < -0.3 is 15.5 Å². The Hall–Kier alpha value is -3.58. The highest BCUT2D eigenvalue weighted by Gasteiger charge is 2.18. The van der Waals surface area contributed by atoms with Gasteiger partial charge in [0.1, 0.15) is 0 Å². The lowest BCUT2D eigenvalue weighted by Crippen LogP contribution is -2.32. The monoisotopic (exact) mass is 446 g/mol. The summed E-state index contributed by atoms with van der Waals surface area (Å²) >= 11 is 6.48. The van der Waals surface area contributed by atoms with Gasteiger partial charge >= 0.3 is 6.03 Å². The Balaban J connectivity index is 1.44.